The Bertz CT molecular complexity index is 402. The minimum absolute atomic E-state index is 0.0708. The molecule has 5 heteroatoms. The van der Waals surface area contributed by atoms with Gasteiger partial charge in [-0.3, -0.25) is 9.59 Å². The van der Waals surface area contributed by atoms with Crippen molar-refractivity contribution in [2.75, 3.05) is 13.2 Å². The molecule has 1 atom stereocenters. The first kappa shape index (κ1) is 15.2. The van der Waals surface area contributed by atoms with Gasteiger partial charge in [0.15, 0.2) is 0 Å². The van der Waals surface area contributed by atoms with Crippen molar-refractivity contribution in [3.05, 3.63) is 35.9 Å². The molecule has 19 heavy (non-hydrogen) atoms. The molecule has 0 bridgehead atoms. The van der Waals surface area contributed by atoms with Crippen LogP contribution < -0.4 is 10.6 Å². The van der Waals surface area contributed by atoms with Gasteiger partial charge in [-0.05, 0) is 18.6 Å². The van der Waals surface area contributed by atoms with Crippen LogP contribution in [0, 0.1) is 0 Å². The van der Waals surface area contributed by atoms with Crippen molar-refractivity contribution in [2.24, 2.45) is 0 Å². The molecule has 0 heterocycles. The lowest BCUT2D eigenvalue weighted by atomic mass is 10.2. The number of hydrogen-bond donors (Lipinski definition) is 3. The molecule has 0 aliphatic heterocycles. The van der Waals surface area contributed by atoms with Crippen molar-refractivity contribution >= 4 is 11.8 Å². The second-order valence-electron chi connectivity index (χ2n) is 4.23. The molecule has 0 unspecified atom stereocenters. The zero-order valence-electron chi connectivity index (χ0n) is 11.1. The highest BCUT2D eigenvalue weighted by molar-refractivity contribution is 5.94. The molecule has 0 aliphatic carbocycles. The SMILES string of the molecule is CC[C@H](CO)NC(=O)CCNC(=O)c1ccccc1. The summed E-state index contributed by atoms with van der Waals surface area (Å²) in [5.41, 5.74) is 0.574. The van der Waals surface area contributed by atoms with E-state index in [1.807, 2.05) is 13.0 Å². The third-order valence-corrected chi connectivity index (χ3v) is 2.75. The molecule has 1 aromatic rings. The molecule has 0 aliphatic rings. The highest BCUT2D eigenvalue weighted by Crippen LogP contribution is 1.97. The average molecular weight is 264 g/mol. The van der Waals surface area contributed by atoms with E-state index in [2.05, 4.69) is 10.6 Å². The number of amides is 2. The number of nitrogens with one attached hydrogen (secondary N) is 2. The number of benzene rings is 1. The second kappa shape index (κ2) is 8.26. The Morgan fingerprint density at radius 2 is 1.95 bits per heavy atom. The number of rotatable bonds is 7. The molecule has 104 valence electrons. The van der Waals surface area contributed by atoms with Crippen LogP contribution in [-0.4, -0.2) is 36.1 Å². The molecule has 1 aromatic carbocycles. The van der Waals surface area contributed by atoms with Crippen LogP contribution >= 0.6 is 0 Å². The van der Waals surface area contributed by atoms with Crippen molar-refractivity contribution < 1.29 is 14.7 Å². The van der Waals surface area contributed by atoms with Gasteiger partial charge in [-0.15, -0.1) is 0 Å². The van der Waals surface area contributed by atoms with Gasteiger partial charge in [-0.1, -0.05) is 25.1 Å². The van der Waals surface area contributed by atoms with Crippen LogP contribution in [-0.2, 0) is 4.79 Å². The first-order valence-electron chi connectivity index (χ1n) is 6.40. The van der Waals surface area contributed by atoms with E-state index >= 15 is 0 Å². The Morgan fingerprint density at radius 3 is 2.53 bits per heavy atom. The quantitative estimate of drug-likeness (QED) is 0.678. The summed E-state index contributed by atoms with van der Waals surface area (Å²) < 4.78 is 0. The van der Waals surface area contributed by atoms with Gasteiger partial charge >= 0.3 is 0 Å². The molecule has 0 saturated heterocycles. The lowest BCUT2D eigenvalue weighted by Crippen LogP contribution is -2.38. The summed E-state index contributed by atoms with van der Waals surface area (Å²) in [6.45, 7) is 2.10. The fourth-order valence-corrected chi connectivity index (χ4v) is 1.56. The smallest absolute Gasteiger partial charge is 0.251 e. The Kier molecular flexibility index (Phi) is 6.60. The van der Waals surface area contributed by atoms with E-state index < -0.39 is 0 Å². The van der Waals surface area contributed by atoms with Gasteiger partial charge in [-0.25, -0.2) is 0 Å². The Hall–Kier alpha value is -1.88. The average Bonchev–Trinajstić information content (AvgIpc) is 2.45. The van der Waals surface area contributed by atoms with E-state index in [-0.39, 0.29) is 37.4 Å². The topological polar surface area (TPSA) is 78.4 Å². The van der Waals surface area contributed by atoms with E-state index in [4.69, 9.17) is 5.11 Å². The summed E-state index contributed by atoms with van der Waals surface area (Å²) in [4.78, 5) is 23.2. The van der Waals surface area contributed by atoms with Crippen LogP contribution in [0.5, 0.6) is 0 Å². The number of aliphatic hydroxyl groups is 1. The first-order valence-corrected chi connectivity index (χ1v) is 6.40. The molecule has 0 spiro atoms. The number of aliphatic hydroxyl groups excluding tert-OH is 1. The molecule has 0 saturated carbocycles. The monoisotopic (exact) mass is 264 g/mol. The predicted molar refractivity (Wildman–Crippen MR) is 72.7 cm³/mol. The summed E-state index contributed by atoms with van der Waals surface area (Å²) in [6.07, 6.45) is 0.883. The molecule has 1 rings (SSSR count). The summed E-state index contributed by atoms with van der Waals surface area (Å²) in [6, 6.07) is 8.63. The minimum Gasteiger partial charge on any atom is -0.394 e. The van der Waals surface area contributed by atoms with Gasteiger partial charge in [0.25, 0.3) is 5.91 Å². The number of carbonyl (C=O) groups excluding carboxylic acids is 2. The van der Waals surface area contributed by atoms with E-state index in [1.165, 1.54) is 0 Å². The van der Waals surface area contributed by atoms with Crippen LogP contribution in [0.1, 0.15) is 30.1 Å². The number of carbonyl (C=O) groups is 2. The van der Waals surface area contributed by atoms with Gasteiger partial charge in [0.05, 0.1) is 12.6 Å². The van der Waals surface area contributed by atoms with E-state index in [9.17, 15) is 9.59 Å². The van der Waals surface area contributed by atoms with E-state index in [0.717, 1.165) is 0 Å². The summed E-state index contributed by atoms with van der Waals surface area (Å²) >= 11 is 0. The van der Waals surface area contributed by atoms with Crippen molar-refractivity contribution in [1.82, 2.24) is 10.6 Å². The van der Waals surface area contributed by atoms with Crippen LogP contribution in [0.2, 0.25) is 0 Å². The van der Waals surface area contributed by atoms with Crippen LogP contribution in [0.25, 0.3) is 0 Å². The molecule has 0 aromatic heterocycles. The van der Waals surface area contributed by atoms with Crippen molar-refractivity contribution in [1.29, 1.82) is 0 Å². The summed E-state index contributed by atoms with van der Waals surface area (Å²) in [7, 11) is 0. The molecule has 2 amide bonds. The maximum atomic E-state index is 11.7. The summed E-state index contributed by atoms with van der Waals surface area (Å²) in [5, 5.41) is 14.3. The largest absolute Gasteiger partial charge is 0.394 e. The van der Waals surface area contributed by atoms with Gasteiger partial charge in [0, 0.05) is 18.5 Å². The van der Waals surface area contributed by atoms with Crippen molar-refractivity contribution in [2.45, 2.75) is 25.8 Å². The molecule has 0 fully saturated rings. The fourth-order valence-electron chi connectivity index (χ4n) is 1.56. The van der Waals surface area contributed by atoms with E-state index in [0.29, 0.717) is 12.0 Å². The van der Waals surface area contributed by atoms with Crippen LogP contribution in [0.15, 0.2) is 30.3 Å². The molecule has 0 radical (unpaired) electrons. The van der Waals surface area contributed by atoms with Gasteiger partial charge < -0.3 is 15.7 Å². The van der Waals surface area contributed by atoms with Crippen LogP contribution in [0.4, 0.5) is 0 Å². The Morgan fingerprint density at radius 1 is 1.26 bits per heavy atom. The fraction of sp³-hybridized carbons (Fsp3) is 0.429. The molecular formula is C14H20N2O3. The predicted octanol–water partition coefficient (Wildman–Crippen LogP) is 0.694. The zero-order valence-corrected chi connectivity index (χ0v) is 11.1. The van der Waals surface area contributed by atoms with E-state index in [1.54, 1.807) is 24.3 Å². The Balaban J connectivity index is 2.27. The normalized spacial score (nSPS) is 11.7. The number of hydrogen-bond acceptors (Lipinski definition) is 3. The lowest BCUT2D eigenvalue weighted by molar-refractivity contribution is -0.122. The minimum atomic E-state index is -0.211. The van der Waals surface area contributed by atoms with Gasteiger partial charge in [0.1, 0.15) is 0 Å². The highest BCUT2D eigenvalue weighted by atomic mass is 16.3. The Labute approximate surface area is 113 Å². The second-order valence-corrected chi connectivity index (χ2v) is 4.23. The third kappa shape index (κ3) is 5.52. The zero-order chi connectivity index (χ0) is 14.1. The molecule has 5 nitrogen and oxygen atoms in total. The lowest BCUT2D eigenvalue weighted by Gasteiger charge is -2.14. The molecule has 3 N–H and O–H groups in total. The first-order chi connectivity index (χ1) is 9.17. The summed E-state index contributed by atoms with van der Waals surface area (Å²) in [5.74, 6) is -0.364. The van der Waals surface area contributed by atoms with Crippen LogP contribution in [0.3, 0.4) is 0 Å². The standard InChI is InChI=1S/C14H20N2O3/c1-2-12(10-17)16-13(18)8-9-15-14(19)11-6-4-3-5-7-11/h3-7,12,17H,2,8-10H2,1H3,(H,15,19)(H,16,18)/t12-/m1/s1. The maximum Gasteiger partial charge on any atom is 0.251 e. The third-order valence-electron chi connectivity index (χ3n) is 2.75. The van der Waals surface area contributed by atoms with Gasteiger partial charge in [0.2, 0.25) is 5.91 Å². The highest BCUT2D eigenvalue weighted by Gasteiger charge is 2.09. The van der Waals surface area contributed by atoms with Crippen molar-refractivity contribution in [3.8, 4) is 0 Å². The van der Waals surface area contributed by atoms with Crippen molar-refractivity contribution in [3.63, 3.8) is 0 Å². The van der Waals surface area contributed by atoms with Gasteiger partial charge in [-0.2, -0.15) is 0 Å². The molecular weight excluding hydrogens is 244 g/mol. The maximum absolute atomic E-state index is 11.7.